The fraction of sp³-hybridized carbons (Fsp3) is 0.500. The number of benzene rings is 1. The summed E-state index contributed by atoms with van der Waals surface area (Å²) in [5.41, 5.74) is 0.783. The maximum atomic E-state index is 11.9. The summed E-state index contributed by atoms with van der Waals surface area (Å²) in [5, 5.41) is 14.1. The molecule has 21 heavy (non-hydrogen) atoms. The average Bonchev–Trinajstić information content (AvgIpc) is 2.72. The molecule has 0 fully saturated rings. The number of nitrogens with zero attached hydrogens (tertiary/aromatic N) is 2. The Morgan fingerprint density at radius 1 is 1.38 bits per heavy atom. The van der Waals surface area contributed by atoms with E-state index in [-0.39, 0.29) is 11.6 Å². The third-order valence-electron chi connectivity index (χ3n) is 3.23. The van der Waals surface area contributed by atoms with Crippen LogP contribution >= 0.6 is 0 Å². The summed E-state index contributed by atoms with van der Waals surface area (Å²) >= 11 is 0. The summed E-state index contributed by atoms with van der Waals surface area (Å²) < 4.78 is 6.58. The molecule has 0 aliphatic rings. The van der Waals surface area contributed by atoms with Crippen LogP contribution in [0.15, 0.2) is 27.4 Å². The van der Waals surface area contributed by atoms with E-state index >= 15 is 0 Å². The van der Waals surface area contributed by atoms with Gasteiger partial charge in [0.05, 0.1) is 10.4 Å². The Labute approximate surface area is 121 Å². The van der Waals surface area contributed by atoms with Crippen LogP contribution in [0.3, 0.4) is 0 Å². The Balaban J connectivity index is 2.30. The predicted molar refractivity (Wildman–Crippen MR) is 79.4 cm³/mol. The van der Waals surface area contributed by atoms with E-state index in [1.165, 1.54) is 22.8 Å². The number of hydrogen-bond acceptors (Lipinski definition) is 5. The van der Waals surface area contributed by atoms with Gasteiger partial charge in [0.1, 0.15) is 0 Å². The van der Waals surface area contributed by atoms with Crippen molar-refractivity contribution in [3.63, 3.8) is 0 Å². The van der Waals surface area contributed by atoms with Crippen molar-refractivity contribution in [1.29, 1.82) is 0 Å². The minimum Gasteiger partial charge on any atom is -0.408 e. The molecule has 0 amide bonds. The van der Waals surface area contributed by atoms with Crippen LogP contribution in [0.4, 0.5) is 5.69 Å². The fourth-order valence-electron chi connectivity index (χ4n) is 2.15. The Bertz CT molecular complexity index is 702. The Kier molecular flexibility index (Phi) is 4.42. The van der Waals surface area contributed by atoms with Gasteiger partial charge in [0.25, 0.3) is 5.69 Å². The molecule has 7 nitrogen and oxygen atoms in total. The van der Waals surface area contributed by atoms with Crippen molar-refractivity contribution < 1.29 is 9.34 Å². The molecule has 2 aromatic rings. The van der Waals surface area contributed by atoms with Crippen molar-refractivity contribution in [2.24, 2.45) is 5.92 Å². The van der Waals surface area contributed by atoms with Gasteiger partial charge >= 0.3 is 5.76 Å². The van der Waals surface area contributed by atoms with Crippen LogP contribution in [0, 0.1) is 16.0 Å². The highest BCUT2D eigenvalue weighted by Crippen LogP contribution is 2.20. The van der Waals surface area contributed by atoms with Gasteiger partial charge in [-0.05, 0) is 18.5 Å². The standard InChI is InChI=1S/C14H19N3O4/c1-9(2)15-7-10(3)8-16-12-6-11(17(19)20)4-5-13(12)21-14(16)18/h4-6,9-10,15H,7-8H2,1-3H3. The van der Waals surface area contributed by atoms with Gasteiger partial charge in [0, 0.05) is 24.7 Å². The highest BCUT2D eigenvalue weighted by atomic mass is 16.6. The van der Waals surface area contributed by atoms with E-state index in [4.69, 9.17) is 4.42 Å². The third-order valence-corrected chi connectivity index (χ3v) is 3.23. The molecule has 0 radical (unpaired) electrons. The van der Waals surface area contributed by atoms with Gasteiger partial charge in [-0.25, -0.2) is 4.79 Å². The van der Waals surface area contributed by atoms with Crippen LogP contribution in [0.1, 0.15) is 20.8 Å². The van der Waals surface area contributed by atoms with Gasteiger partial charge < -0.3 is 9.73 Å². The van der Waals surface area contributed by atoms with Crippen molar-refractivity contribution >= 4 is 16.8 Å². The number of nitro benzene ring substituents is 1. The van der Waals surface area contributed by atoms with Gasteiger partial charge in [-0.1, -0.05) is 20.8 Å². The number of aromatic nitrogens is 1. The van der Waals surface area contributed by atoms with Crippen molar-refractivity contribution in [2.75, 3.05) is 6.54 Å². The van der Waals surface area contributed by atoms with Crippen LogP contribution < -0.4 is 11.1 Å². The molecule has 0 spiro atoms. The van der Waals surface area contributed by atoms with Crippen LogP contribution in [0.25, 0.3) is 11.1 Å². The molecular formula is C14H19N3O4. The number of oxazole rings is 1. The number of hydrogen-bond donors (Lipinski definition) is 1. The summed E-state index contributed by atoms with van der Waals surface area (Å²) in [7, 11) is 0. The normalized spacial score (nSPS) is 13.0. The summed E-state index contributed by atoms with van der Waals surface area (Å²) in [6.45, 7) is 7.32. The van der Waals surface area contributed by atoms with Crippen LogP contribution in [-0.4, -0.2) is 22.1 Å². The predicted octanol–water partition coefficient (Wildman–Crippen LogP) is 2.14. The zero-order valence-electron chi connectivity index (χ0n) is 12.3. The lowest BCUT2D eigenvalue weighted by atomic mass is 10.1. The van der Waals surface area contributed by atoms with Gasteiger partial charge in [0.15, 0.2) is 5.58 Å². The molecule has 1 heterocycles. The largest absolute Gasteiger partial charge is 0.419 e. The molecule has 7 heteroatoms. The molecule has 1 atom stereocenters. The van der Waals surface area contributed by atoms with E-state index in [0.29, 0.717) is 23.7 Å². The Morgan fingerprint density at radius 3 is 2.71 bits per heavy atom. The molecule has 0 saturated heterocycles. The minimum absolute atomic E-state index is 0.0509. The lowest BCUT2D eigenvalue weighted by Gasteiger charge is -2.15. The summed E-state index contributed by atoms with van der Waals surface area (Å²) in [6, 6.07) is 4.54. The minimum atomic E-state index is -0.484. The van der Waals surface area contributed by atoms with E-state index in [1.54, 1.807) is 0 Å². The zero-order chi connectivity index (χ0) is 15.6. The van der Waals surface area contributed by atoms with Gasteiger partial charge in [-0.3, -0.25) is 14.7 Å². The number of nitro groups is 1. The molecular weight excluding hydrogens is 274 g/mol. The Hall–Kier alpha value is -2.15. The lowest BCUT2D eigenvalue weighted by molar-refractivity contribution is -0.384. The molecule has 2 rings (SSSR count). The summed E-state index contributed by atoms with van der Waals surface area (Å²) in [5.74, 6) is -0.285. The van der Waals surface area contributed by atoms with Crippen LogP contribution in [0.5, 0.6) is 0 Å². The van der Waals surface area contributed by atoms with Crippen molar-refractivity contribution in [3.05, 3.63) is 38.9 Å². The first-order valence-corrected chi connectivity index (χ1v) is 6.89. The second-order valence-electron chi connectivity index (χ2n) is 5.56. The van der Waals surface area contributed by atoms with Crippen LogP contribution in [0.2, 0.25) is 0 Å². The van der Waals surface area contributed by atoms with E-state index in [1.807, 2.05) is 6.92 Å². The van der Waals surface area contributed by atoms with Gasteiger partial charge in [-0.2, -0.15) is 0 Å². The van der Waals surface area contributed by atoms with Crippen LogP contribution in [-0.2, 0) is 6.54 Å². The van der Waals surface area contributed by atoms with Crippen molar-refractivity contribution in [1.82, 2.24) is 9.88 Å². The van der Waals surface area contributed by atoms with E-state index in [0.717, 1.165) is 6.54 Å². The van der Waals surface area contributed by atoms with Gasteiger partial charge in [0.2, 0.25) is 0 Å². The number of rotatable bonds is 6. The van der Waals surface area contributed by atoms with E-state index in [9.17, 15) is 14.9 Å². The summed E-state index contributed by atoms with van der Waals surface area (Å²) in [4.78, 5) is 22.3. The van der Waals surface area contributed by atoms with Crippen molar-refractivity contribution in [2.45, 2.75) is 33.4 Å². The topological polar surface area (TPSA) is 90.3 Å². The highest BCUT2D eigenvalue weighted by molar-refractivity contribution is 5.75. The maximum absolute atomic E-state index is 11.9. The molecule has 114 valence electrons. The molecule has 0 aliphatic carbocycles. The first-order valence-electron chi connectivity index (χ1n) is 6.89. The van der Waals surface area contributed by atoms with E-state index in [2.05, 4.69) is 19.2 Å². The molecule has 0 aliphatic heterocycles. The molecule has 0 bridgehead atoms. The molecule has 1 unspecified atom stereocenters. The van der Waals surface area contributed by atoms with E-state index < -0.39 is 10.7 Å². The Morgan fingerprint density at radius 2 is 2.10 bits per heavy atom. The molecule has 1 aromatic heterocycles. The first-order chi connectivity index (χ1) is 9.88. The highest BCUT2D eigenvalue weighted by Gasteiger charge is 2.16. The van der Waals surface area contributed by atoms with Gasteiger partial charge in [-0.15, -0.1) is 0 Å². The summed E-state index contributed by atoms with van der Waals surface area (Å²) in [6.07, 6.45) is 0. The zero-order valence-corrected chi connectivity index (χ0v) is 12.3. The maximum Gasteiger partial charge on any atom is 0.419 e. The second-order valence-corrected chi connectivity index (χ2v) is 5.56. The number of non-ortho nitro benzene ring substituents is 1. The molecule has 1 aromatic carbocycles. The second kappa shape index (κ2) is 6.09. The lowest BCUT2D eigenvalue weighted by Crippen LogP contribution is -2.31. The third kappa shape index (κ3) is 3.49. The van der Waals surface area contributed by atoms with Crippen molar-refractivity contribution in [3.8, 4) is 0 Å². The average molecular weight is 293 g/mol. The molecule has 1 N–H and O–H groups in total. The fourth-order valence-corrected chi connectivity index (χ4v) is 2.15. The monoisotopic (exact) mass is 293 g/mol. The SMILES string of the molecule is CC(CNC(C)C)Cn1c(=O)oc2ccc([N+](=O)[O-])cc21. The quantitative estimate of drug-likeness (QED) is 0.651. The number of fused-ring (bicyclic) bond motifs is 1. The first kappa shape index (κ1) is 15.2. The smallest absolute Gasteiger partial charge is 0.408 e. The molecule has 0 saturated carbocycles. The number of nitrogens with one attached hydrogen (secondary N) is 1.